The van der Waals surface area contributed by atoms with E-state index in [1.807, 2.05) is 0 Å². The van der Waals surface area contributed by atoms with Crippen LogP contribution in [-0.4, -0.2) is 15.8 Å². The zero-order valence-electron chi connectivity index (χ0n) is 8.57. The van der Waals surface area contributed by atoms with E-state index in [4.69, 9.17) is 5.73 Å². The third-order valence-electron chi connectivity index (χ3n) is 2.38. The molecule has 4 N–H and O–H groups in total. The van der Waals surface area contributed by atoms with Crippen LogP contribution in [0.15, 0.2) is 28.7 Å². The summed E-state index contributed by atoms with van der Waals surface area (Å²) in [5, 5.41) is 0. The largest absolute Gasteiger partial charge is 0.381 e. The quantitative estimate of drug-likeness (QED) is 0.674. The Morgan fingerprint density at radius 3 is 2.88 bits per heavy atom. The number of aromatic nitrogens is 2. The van der Waals surface area contributed by atoms with Crippen LogP contribution in [0.25, 0.3) is 11.4 Å². The lowest BCUT2D eigenvalue weighted by Crippen LogP contribution is -2.17. The molecular formula is C10H8FN5S. The molecule has 0 saturated carbocycles. The summed E-state index contributed by atoms with van der Waals surface area (Å²) < 4.78 is 20.4. The first-order valence-corrected chi connectivity index (χ1v) is 5.64. The van der Waals surface area contributed by atoms with Gasteiger partial charge in [-0.3, -0.25) is 4.72 Å². The van der Waals surface area contributed by atoms with Crippen molar-refractivity contribution < 1.29 is 4.39 Å². The molecule has 17 heavy (non-hydrogen) atoms. The standard InChI is InChI=1S/C10H8FN5S/c11-6-4-2-1-3-5(6)9-13-7-8(12)15-17-16-10(7)14-9/h1-4,16H,(H2,12,15)(H,13,14). The minimum absolute atomic E-state index is 0.332. The average Bonchev–Trinajstić information content (AvgIpc) is 2.75. The number of imidazole rings is 1. The van der Waals surface area contributed by atoms with Crippen LogP contribution in [0.3, 0.4) is 0 Å². The minimum atomic E-state index is -0.332. The summed E-state index contributed by atoms with van der Waals surface area (Å²) >= 11 is 1.10. The van der Waals surface area contributed by atoms with Gasteiger partial charge < -0.3 is 10.7 Å². The summed E-state index contributed by atoms with van der Waals surface area (Å²) in [6.07, 6.45) is 0. The molecule has 86 valence electrons. The fourth-order valence-corrected chi connectivity index (χ4v) is 2.04. The van der Waals surface area contributed by atoms with Gasteiger partial charge >= 0.3 is 0 Å². The second-order valence-electron chi connectivity index (χ2n) is 3.46. The Morgan fingerprint density at radius 2 is 2.12 bits per heavy atom. The monoisotopic (exact) mass is 249 g/mol. The fraction of sp³-hybridized carbons (Fsp3) is 0. The molecule has 0 unspecified atom stereocenters. The van der Waals surface area contributed by atoms with Gasteiger partial charge in [-0.2, -0.15) is 4.40 Å². The number of H-pyrrole nitrogens is 1. The zero-order chi connectivity index (χ0) is 11.8. The number of nitrogens with one attached hydrogen (secondary N) is 2. The molecule has 0 aliphatic carbocycles. The van der Waals surface area contributed by atoms with E-state index in [2.05, 4.69) is 19.1 Å². The van der Waals surface area contributed by atoms with Crippen LogP contribution in [0.1, 0.15) is 5.69 Å². The first-order valence-electron chi connectivity index (χ1n) is 4.86. The second-order valence-corrected chi connectivity index (χ2v) is 4.03. The summed E-state index contributed by atoms with van der Waals surface area (Å²) in [6, 6.07) is 6.42. The highest BCUT2D eigenvalue weighted by atomic mass is 32.2. The summed E-state index contributed by atoms with van der Waals surface area (Å²) in [7, 11) is 0. The molecular weight excluding hydrogens is 241 g/mol. The van der Waals surface area contributed by atoms with Crippen molar-refractivity contribution in [2.75, 3.05) is 4.72 Å². The SMILES string of the molecule is NC1=NSNc2nc(-c3ccccc3F)[nH]c21. The van der Waals surface area contributed by atoms with Crippen LogP contribution < -0.4 is 10.5 Å². The van der Waals surface area contributed by atoms with Crippen molar-refractivity contribution in [1.29, 1.82) is 0 Å². The average molecular weight is 249 g/mol. The lowest BCUT2D eigenvalue weighted by molar-refractivity contribution is 0.630. The molecule has 0 bridgehead atoms. The van der Waals surface area contributed by atoms with Gasteiger partial charge in [0.05, 0.1) is 17.7 Å². The minimum Gasteiger partial charge on any atom is -0.381 e. The molecule has 0 spiro atoms. The van der Waals surface area contributed by atoms with Gasteiger partial charge in [-0.05, 0) is 12.1 Å². The van der Waals surface area contributed by atoms with Crippen LogP contribution in [-0.2, 0) is 0 Å². The maximum Gasteiger partial charge on any atom is 0.167 e. The number of aromatic amines is 1. The lowest BCUT2D eigenvalue weighted by atomic mass is 10.2. The van der Waals surface area contributed by atoms with Gasteiger partial charge in [0.15, 0.2) is 11.7 Å². The zero-order valence-corrected chi connectivity index (χ0v) is 9.38. The van der Waals surface area contributed by atoms with Gasteiger partial charge in [-0.15, -0.1) is 0 Å². The molecule has 0 atom stereocenters. The molecule has 0 amide bonds. The van der Waals surface area contributed by atoms with Gasteiger partial charge in [-0.25, -0.2) is 9.37 Å². The van der Waals surface area contributed by atoms with Crippen molar-refractivity contribution in [3.63, 3.8) is 0 Å². The molecule has 2 heterocycles. The van der Waals surface area contributed by atoms with Crippen molar-refractivity contribution in [3.05, 3.63) is 35.8 Å². The molecule has 7 heteroatoms. The third kappa shape index (κ3) is 1.64. The van der Waals surface area contributed by atoms with Crippen LogP contribution in [0.5, 0.6) is 0 Å². The third-order valence-corrected chi connectivity index (χ3v) is 2.95. The summed E-state index contributed by atoms with van der Waals surface area (Å²) in [4.78, 5) is 7.20. The molecule has 1 aromatic heterocycles. The van der Waals surface area contributed by atoms with E-state index in [-0.39, 0.29) is 5.82 Å². The maximum atomic E-state index is 13.6. The Morgan fingerprint density at radius 1 is 1.29 bits per heavy atom. The van der Waals surface area contributed by atoms with Gasteiger partial charge in [0, 0.05) is 0 Å². The van der Waals surface area contributed by atoms with E-state index in [1.165, 1.54) is 6.07 Å². The normalized spacial score (nSPS) is 13.8. The number of hydrogen-bond acceptors (Lipinski definition) is 5. The fourth-order valence-electron chi connectivity index (χ4n) is 1.57. The number of fused-ring (bicyclic) bond motifs is 1. The Hall–Kier alpha value is -2.02. The Balaban J connectivity index is 2.12. The van der Waals surface area contributed by atoms with Gasteiger partial charge in [0.1, 0.15) is 17.3 Å². The molecule has 5 nitrogen and oxygen atoms in total. The van der Waals surface area contributed by atoms with E-state index < -0.39 is 0 Å². The van der Waals surface area contributed by atoms with E-state index in [9.17, 15) is 4.39 Å². The molecule has 3 rings (SSSR count). The number of halogens is 1. The van der Waals surface area contributed by atoms with E-state index in [0.717, 1.165) is 12.1 Å². The highest BCUT2D eigenvalue weighted by molar-refractivity contribution is 7.99. The summed E-state index contributed by atoms with van der Waals surface area (Å²) in [6.45, 7) is 0. The Labute approximate surface area is 101 Å². The number of hydrogen-bond donors (Lipinski definition) is 3. The first kappa shape index (κ1) is 10.2. The predicted octanol–water partition coefficient (Wildman–Crippen LogP) is 1.91. The van der Waals surface area contributed by atoms with Crippen molar-refractivity contribution in [2.24, 2.45) is 10.1 Å². The number of anilines is 1. The van der Waals surface area contributed by atoms with Crippen LogP contribution in [0.4, 0.5) is 10.2 Å². The molecule has 0 fully saturated rings. The molecule has 1 aromatic carbocycles. The Kier molecular flexibility index (Phi) is 2.25. The molecule has 1 aliphatic heterocycles. The van der Waals surface area contributed by atoms with E-state index in [0.29, 0.717) is 28.7 Å². The second kappa shape index (κ2) is 3.77. The number of rotatable bonds is 1. The van der Waals surface area contributed by atoms with Crippen LogP contribution in [0, 0.1) is 5.82 Å². The summed E-state index contributed by atoms with van der Waals surface area (Å²) in [5.41, 5.74) is 6.69. The van der Waals surface area contributed by atoms with Crippen molar-refractivity contribution in [1.82, 2.24) is 9.97 Å². The van der Waals surface area contributed by atoms with E-state index in [1.54, 1.807) is 18.2 Å². The molecule has 2 aromatic rings. The predicted molar refractivity (Wildman–Crippen MR) is 65.9 cm³/mol. The molecule has 1 aliphatic rings. The van der Waals surface area contributed by atoms with Crippen molar-refractivity contribution in [3.8, 4) is 11.4 Å². The van der Waals surface area contributed by atoms with Crippen molar-refractivity contribution in [2.45, 2.75) is 0 Å². The number of nitrogens with zero attached hydrogens (tertiary/aromatic N) is 2. The molecule has 0 radical (unpaired) electrons. The first-order chi connectivity index (χ1) is 8.25. The number of amidine groups is 1. The number of benzene rings is 1. The van der Waals surface area contributed by atoms with Crippen molar-refractivity contribution >= 4 is 23.8 Å². The highest BCUT2D eigenvalue weighted by Crippen LogP contribution is 2.27. The van der Waals surface area contributed by atoms with E-state index >= 15 is 0 Å². The summed E-state index contributed by atoms with van der Waals surface area (Å²) in [5.74, 6) is 1.02. The van der Waals surface area contributed by atoms with Gasteiger partial charge in [-0.1, -0.05) is 12.1 Å². The van der Waals surface area contributed by atoms with Crippen LogP contribution >= 0.6 is 12.1 Å². The van der Waals surface area contributed by atoms with Crippen LogP contribution in [0.2, 0.25) is 0 Å². The molecule has 0 saturated heterocycles. The van der Waals surface area contributed by atoms with Gasteiger partial charge in [0.2, 0.25) is 0 Å². The topological polar surface area (TPSA) is 79.1 Å². The van der Waals surface area contributed by atoms with Gasteiger partial charge in [0.25, 0.3) is 0 Å². The smallest absolute Gasteiger partial charge is 0.167 e. The lowest BCUT2D eigenvalue weighted by Gasteiger charge is -2.06. The Bertz CT molecular complexity index is 606. The highest BCUT2D eigenvalue weighted by Gasteiger charge is 2.19. The number of nitrogens with two attached hydrogens (primary N) is 1. The maximum absolute atomic E-state index is 13.6.